The number of thiophene rings is 2. The molecule has 0 radical (unpaired) electrons. The molecule has 2 aromatic rings. The molecular formula is C24H28N4O5S3. The van der Waals surface area contributed by atoms with Gasteiger partial charge in [0.2, 0.25) is 15.9 Å². The van der Waals surface area contributed by atoms with Crippen molar-refractivity contribution in [3.05, 3.63) is 44.5 Å². The summed E-state index contributed by atoms with van der Waals surface area (Å²) in [6.07, 6.45) is 7.24. The molecule has 9 nitrogen and oxygen atoms in total. The highest BCUT2D eigenvalue weighted by atomic mass is 32.2. The maximum atomic E-state index is 12.5. The van der Waals surface area contributed by atoms with Gasteiger partial charge in [0, 0.05) is 35.0 Å². The van der Waals surface area contributed by atoms with E-state index in [4.69, 9.17) is 4.74 Å². The summed E-state index contributed by atoms with van der Waals surface area (Å²) in [6.45, 7) is 1.17. The molecule has 1 atom stereocenters. The molecule has 0 aromatic carbocycles. The fraction of sp³-hybridized carbons (Fsp3) is 0.458. The number of nitriles is 1. The predicted molar refractivity (Wildman–Crippen MR) is 140 cm³/mol. The number of rotatable bonds is 7. The van der Waals surface area contributed by atoms with Crippen molar-refractivity contribution in [3.8, 4) is 6.07 Å². The van der Waals surface area contributed by atoms with Gasteiger partial charge in [-0.1, -0.05) is 6.07 Å². The van der Waals surface area contributed by atoms with Crippen molar-refractivity contribution in [1.82, 2.24) is 9.62 Å². The Kier molecular flexibility index (Phi) is 8.46. The summed E-state index contributed by atoms with van der Waals surface area (Å²) < 4.78 is 30.9. The highest BCUT2D eigenvalue weighted by Gasteiger charge is 2.29. The van der Waals surface area contributed by atoms with Crippen LogP contribution in [0.3, 0.4) is 0 Å². The number of hydrogen-bond acceptors (Lipinski definition) is 8. The fourth-order valence-corrected chi connectivity index (χ4v) is 7.24. The van der Waals surface area contributed by atoms with E-state index in [-0.39, 0.29) is 30.6 Å². The van der Waals surface area contributed by atoms with Crippen molar-refractivity contribution in [2.24, 2.45) is 5.92 Å². The number of nitrogens with one attached hydrogen (secondary N) is 2. The molecule has 0 saturated carbocycles. The highest BCUT2D eigenvalue weighted by Crippen LogP contribution is 2.39. The molecule has 0 spiro atoms. The van der Waals surface area contributed by atoms with Crippen LogP contribution in [0.4, 0.5) is 9.80 Å². The van der Waals surface area contributed by atoms with Gasteiger partial charge in [0.15, 0.2) is 0 Å². The van der Waals surface area contributed by atoms with Gasteiger partial charge in [-0.05, 0) is 61.1 Å². The lowest BCUT2D eigenvalue weighted by Gasteiger charge is -2.32. The third-order valence-electron chi connectivity index (χ3n) is 6.23. The zero-order valence-electron chi connectivity index (χ0n) is 19.9. The minimum absolute atomic E-state index is 0.137. The highest BCUT2D eigenvalue weighted by molar-refractivity contribution is 7.88. The number of fused-ring (bicyclic) bond motifs is 1. The topological polar surface area (TPSA) is 129 Å². The summed E-state index contributed by atoms with van der Waals surface area (Å²) in [4.78, 5) is 28.5. The van der Waals surface area contributed by atoms with Crippen LogP contribution < -0.4 is 10.0 Å². The van der Waals surface area contributed by atoms with Crippen LogP contribution in [0.2, 0.25) is 0 Å². The van der Waals surface area contributed by atoms with Crippen molar-refractivity contribution in [2.45, 2.75) is 38.1 Å². The Morgan fingerprint density at radius 2 is 2.08 bits per heavy atom. The van der Waals surface area contributed by atoms with Gasteiger partial charge < -0.3 is 15.0 Å². The van der Waals surface area contributed by atoms with Crippen molar-refractivity contribution in [2.75, 3.05) is 31.3 Å². The number of hydrogen-bond donors (Lipinski definition) is 2. The Morgan fingerprint density at radius 3 is 2.75 bits per heavy atom. The largest absolute Gasteiger partial charge is 0.449 e. The molecule has 1 fully saturated rings. The van der Waals surface area contributed by atoms with Crippen molar-refractivity contribution in [3.63, 3.8) is 0 Å². The minimum atomic E-state index is -3.26. The van der Waals surface area contributed by atoms with E-state index < -0.39 is 10.0 Å². The van der Waals surface area contributed by atoms with Crippen molar-refractivity contribution in [1.29, 1.82) is 5.26 Å². The molecule has 12 heteroatoms. The molecule has 1 aliphatic heterocycles. The molecule has 192 valence electrons. The lowest BCUT2D eigenvalue weighted by Crippen LogP contribution is -2.46. The van der Waals surface area contributed by atoms with E-state index in [1.54, 1.807) is 11.0 Å². The molecular weight excluding hydrogens is 520 g/mol. The zero-order chi connectivity index (χ0) is 25.7. The van der Waals surface area contributed by atoms with Gasteiger partial charge in [0.1, 0.15) is 11.1 Å². The number of piperidine rings is 1. The number of ether oxygens (including phenoxy) is 1. The fourth-order valence-electron chi connectivity index (χ4n) is 4.46. The quantitative estimate of drug-likeness (QED) is 0.509. The second-order valence-electron chi connectivity index (χ2n) is 8.99. The molecule has 2 aliphatic rings. The van der Waals surface area contributed by atoms with Crippen LogP contribution in [0.5, 0.6) is 0 Å². The number of likely N-dealkylation sites (tertiary alicyclic amines) is 1. The standard InChI is InChI=1S/C24H28N4O5S3/c1-36(31,32)27-17-8-10-28(11-9-17)24(30)33-15-16-4-6-19-20(14-25)23(35-21(19)13-16)26-22(29)7-5-18-3-2-12-34-18/h2-3,5,7,12,16-17,27H,4,6,8-11,13,15H2,1H3,(H,26,29)/b7-5+. The Morgan fingerprint density at radius 1 is 1.31 bits per heavy atom. The summed E-state index contributed by atoms with van der Waals surface area (Å²) in [5.74, 6) is -0.141. The van der Waals surface area contributed by atoms with E-state index in [0.29, 0.717) is 49.3 Å². The van der Waals surface area contributed by atoms with Gasteiger partial charge in [-0.2, -0.15) is 5.26 Å². The SMILES string of the molecule is CS(=O)(=O)NC1CCN(C(=O)OCC2CCc3c(sc(NC(=O)/C=C/c4cccs4)c3C#N)C2)CC1. The van der Waals surface area contributed by atoms with E-state index >= 15 is 0 Å². The molecule has 36 heavy (non-hydrogen) atoms. The van der Waals surface area contributed by atoms with Gasteiger partial charge >= 0.3 is 6.09 Å². The smallest absolute Gasteiger partial charge is 0.409 e. The van der Waals surface area contributed by atoms with Gasteiger partial charge in [0.05, 0.1) is 18.4 Å². The maximum absolute atomic E-state index is 12.5. The van der Waals surface area contributed by atoms with E-state index in [0.717, 1.165) is 28.0 Å². The van der Waals surface area contributed by atoms with Crippen LogP contribution in [0, 0.1) is 17.2 Å². The molecule has 3 heterocycles. The molecule has 1 aliphatic carbocycles. The second kappa shape index (κ2) is 11.6. The van der Waals surface area contributed by atoms with Gasteiger partial charge in [0.25, 0.3) is 0 Å². The van der Waals surface area contributed by atoms with Crippen LogP contribution in [-0.2, 0) is 32.4 Å². The van der Waals surface area contributed by atoms with E-state index in [1.807, 2.05) is 17.5 Å². The minimum Gasteiger partial charge on any atom is -0.449 e. The van der Waals surface area contributed by atoms with Crippen LogP contribution in [0.15, 0.2) is 23.6 Å². The average Bonchev–Trinajstić information content (AvgIpc) is 3.47. The zero-order valence-corrected chi connectivity index (χ0v) is 22.3. The molecule has 2 aromatic heterocycles. The third kappa shape index (κ3) is 6.94. The summed E-state index contributed by atoms with van der Waals surface area (Å²) in [7, 11) is -3.26. The summed E-state index contributed by atoms with van der Waals surface area (Å²) >= 11 is 2.95. The predicted octanol–water partition coefficient (Wildman–Crippen LogP) is 3.59. The number of carbonyl (C=O) groups excluding carboxylic acids is 2. The van der Waals surface area contributed by atoms with Crippen LogP contribution in [-0.4, -0.2) is 57.3 Å². The van der Waals surface area contributed by atoms with Crippen molar-refractivity contribution >= 4 is 55.8 Å². The van der Waals surface area contributed by atoms with E-state index in [2.05, 4.69) is 16.1 Å². The first-order chi connectivity index (χ1) is 17.2. The average molecular weight is 549 g/mol. The van der Waals surface area contributed by atoms with Gasteiger partial charge in [-0.3, -0.25) is 4.79 Å². The number of amides is 2. The lowest BCUT2D eigenvalue weighted by atomic mass is 9.88. The Balaban J connectivity index is 1.28. The third-order valence-corrected chi connectivity index (χ3v) is 9.00. The van der Waals surface area contributed by atoms with Crippen LogP contribution >= 0.6 is 22.7 Å². The van der Waals surface area contributed by atoms with Crippen LogP contribution in [0.25, 0.3) is 6.08 Å². The molecule has 1 unspecified atom stereocenters. The lowest BCUT2D eigenvalue weighted by molar-refractivity contribution is -0.111. The second-order valence-corrected chi connectivity index (χ2v) is 12.9. The molecule has 2 amide bonds. The molecule has 4 rings (SSSR count). The Labute approximate surface area is 218 Å². The molecule has 2 N–H and O–H groups in total. The van der Waals surface area contributed by atoms with Gasteiger partial charge in [-0.25, -0.2) is 17.9 Å². The summed E-state index contributed by atoms with van der Waals surface area (Å²) in [6, 6.07) is 5.92. The number of nitrogens with zero attached hydrogens (tertiary/aromatic N) is 2. The monoisotopic (exact) mass is 548 g/mol. The van der Waals surface area contributed by atoms with Crippen molar-refractivity contribution < 1.29 is 22.7 Å². The van der Waals surface area contributed by atoms with Crippen LogP contribution in [0.1, 0.15) is 40.1 Å². The Bertz CT molecular complexity index is 1270. The number of anilines is 1. The summed E-state index contributed by atoms with van der Waals surface area (Å²) in [5.41, 5.74) is 1.50. The van der Waals surface area contributed by atoms with E-state index in [1.165, 1.54) is 28.7 Å². The first-order valence-corrected chi connectivity index (χ1v) is 15.3. The molecule has 0 bridgehead atoms. The Hall–Kier alpha value is -2.72. The first-order valence-electron chi connectivity index (χ1n) is 11.7. The normalized spacial score (nSPS) is 18.6. The number of carbonyl (C=O) groups is 2. The summed E-state index contributed by atoms with van der Waals surface area (Å²) in [5, 5.41) is 15.0. The maximum Gasteiger partial charge on any atom is 0.409 e. The number of sulfonamides is 1. The molecule has 1 saturated heterocycles. The van der Waals surface area contributed by atoms with E-state index in [9.17, 15) is 23.3 Å². The first kappa shape index (κ1) is 26.3. The van der Waals surface area contributed by atoms with Gasteiger partial charge in [-0.15, -0.1) is 22.7 Å².